The monoisotopic (exact) mass is 176 g/mol. The van der Waals surface area contributed by atoms with E-state index in [2.05, 4.69) is 29.4 Å². The summed E-state index contributed by atoms with van der Waals surface area (Å²) in [5.41, 5.74) is 1.20. The number of rotatable bonds is 2. The van der Waals surface area contributed by atoms with Gasteiger partial charge < -0.3 is 5.32 Å². The van der Waals surface area contributed by atoms with Crippen molar-refractivity contribution in [2.75, 3.05) is 6.54 Å². The molecule has 0 bridgehead atoms. The van der Waals surface area contributed by atoms with Crippen LogP contribution in [0, 0.1) is 5.92 Å². The molecule has 2 atom stereocenters. The highest BCUT2D eigenvalue weighted by atomic mass is 14.9. The lowest BCUT2D eigenvalue weighted by Crippen LogP contribution is -2.28. The van der Waals surface area contributed by atoms with Crippen molar-refractivity contribution in [2.45, 2.75) is 25.8 Å². The Balaban J connectivity index is 1.98. The van der Waals surface area contributed by atoms with Crippen LogP contribution in [-0.4, -0.2) is 17.6 Å². The standard InChI is InChI=1S/C11H16N2/c1-9-5-7-13-11(9)8-10-4-2-3-6-12-10/h2-4,6,9,11,13H,5,7-8H2,1H3. The molecule has 1 aliphatic heterocycles. The van der Waals surface area contributed by atoms with Crippen molar-refractivity contribution in [2.24, 2.45) is 5.92 Å². The highest BCUT2D eigenvalue weighted by Gasteiger charge is 2.22. The summed E-state index contributed by atoms with van der Waals surface area (Å²) in [5.74, 6) is 0.794. The number of hydrogen-bond acceptors (Lipinski definition) is 2. The molecule has 1 aliphatic rings. The van der Waals surface area contributed by atoms with E-state index in [1.54, 1.807) is 0 Å². The molecule has 2 nitrogen and oxygen atoms in total. The second kappa shape index (κ2) is 3.88. The molecule has 0 aliphatic carbocycles. The van der Waals surface area contributed by atoms with Crippen LogP contribution < -0.4 is 5.32 Å². The van der Waals surface area contributed by atoms with Crippen molar-refractivity contribution in [3.63, 3.8) is 0 Å². The molecule has 2 heteroatoms. The van der Waals surface area contributed by atoms with Gasteiger partial charge in [0.25, 0.3) is 0 Å². The Morgan fingerprint density at radius 1 is 1.54 bits per heavy atom. The van der Waals surface area contributed by atoms with E-state index in [4.69, 9.17) is 0 Å². The van der Waals surface area contributed by atoms with Gasteiger partial charge in [0, 0.05) is 24.4 Å². The minimum absolute atomic E-state index is 0.634. The van der Waals surface area contributed by atoms with E-state index in [1.165, 1.54) is 18.7 Å². The van der Waals surface area contributed by atoms with Crippen molar-refractivity contribution in [1.29, 1.82) is 0 Å². The largest absolute Gasteiger partial charge is 0.313 e. The lowest BCUT2D eigenvalue weighted by molar-refractivity contribution is 0.476. The number of pyridine rings is 1. The minimum atomic E-state index is 0.634. The maximum Gasteiger partial charge on any atom is 0.0419 e. The molecule has 2 rings (SSSR count). The lowest BCUT2D eigenvalue weighted by atomic mass is 9.99. The van der Waals surface area contributed by atoms with Crippen LogP contribution in [0.1, 0.15) is 19.0 Å². The Morgan fingerprint density at radius 2 is 2.46 bits per heavy atom. The molecule has 70 valence electrons. The van der Waals surface area contributed by atoms with Crippen LogP contribution in [0.15, 0.2) is 24.4 Å². The van der Waals surface area contributed by atoms with Gasteiger partial charge in [-0.2, -0.15) is 0 Å². The van der Waals surface area contributed by atoms with Crippen LogP contribution in [0.5, 0.6) is 0 Å². The summed E-state index contributed by atoms with van der Waals surface area (Å²) in [4.78, 5) is 4.34. The molecule has 0 amide bonds. The van der Waals surface area contributed by atoms with Gasteiger partial charge in [0.05, 0.1) is 0 Å². The van der Waals surface area contributed by atoms with E-state index >= 15 is 0 Å². The van der Waals surface area contributed by atoms with Gasteiger partial charge in [0.1, 0.15) is 0 Å². The quantitative estimate of drug-likeness (QED) is 0.740. The topological polar surface area (TPSA) is 24.9 Å². The van der Waals surface area contributed by atoms with Gasteiger partial charge in [0.2, 0.25) is 0 Å². The molecule has 2 heterocycles. The molecule has 13 heavy (non-hydrogen) atoms. The summed E-state index contributed by atoms with van der Waals surface area (Å²) in [5, 5.41) is 3.51. The zero-order valence-corrected chi connectivity index (χ0v) is 8.03. The highest BCUT2D eigenvalue weighted by Crippen LogP contribution is 2.17. The van der Waals surface area contributed by atoms with E-state index in [-0.39, 0.29) is 0 Å². The summed E-state index contributed by atoms with van der Waals surface area (Å²) < 4.78 is 0. The molecule has 2 unspecified atom stereocenters. The summed E-state index contributed by atoms with van der Waals surface area (Å²) in [6.07, 6.45) is 4.24. The average Bonchev–Trinajstić information content (AvgIpc) is 2.54. The molecular weight excluding hydrogens is 160 g/mol. The first-order valence-corrected chi connectivity index (χ1v) is 4.99. The van der Waals surface area contributed by atoms with Gasteiger partial charge in [-0.15, -0.1) is 0 Å². The predicted molar refractivity (Wildman–Crippen MR) is 53.5 cm³/mol. The fourth-order valence-electron chi connectivity index (χ4n) is 1.92. The molecule has 0 saturated carbocycles. The van der Waals surface area contributed by atoms with Crippen LogP contribution in [0.4, 0.5) is 0 Å². The van der Waals surface area contributed by atoms with Crippen LogP contribution in [-0.2, 0) is 6.42 Å². The Kier molecular flexibility index (Phi) is 2.60. The van der Waals surface area contributed by atoms with Gasteiger partial charge in [-0.05, 0) is 31.0 Å². The first-order chi connectivity index (χ1) is 6.36. The summed E-state index contributed by atoms with van der Waals surface area (Å²) in [6, 6.07) is 6.76. The van der Waals surface area contributed by atoms with Gasteiger partial charge in [-0.3, -0.25) is 4.98 Å². The lowest BCUT2D eigenvalue weighted by Gasteiger charge is -2.14. The summed E-state index contributed by atoms with van der Waals surface area (Å²) in [6.45, 7) is 3.48. The van der Waals surface area contributed by atoms with Crippen LogP contribution >= 0.6 is 0 Å². The second-order valence-corrected chi connectivity index (χ2v) is 3.85. The molecule has 0 spiro atoms. The van der Waals surface area contributed by atoms with Crippen LogP contribution in [0.3, 0.4) is 0 Å². The van der Waals surface area contributed by atoms with Crippen LogP contribution in [0.25, 0.3) is 0 Å². The van der Waals surface area contributed by atoms with Crippen molar-refractivity contribution in [1.82, 2.24) is 10.3 Å². The SMILES string of the molecule is CC1CCNC1Cc1ccccn1. The van der Waals surface area contributed by atoms with Crippen molar-refractivity contribution in [3.8, 4) is 0 Å². The zero-order valence-electron chi connectivity index (χ0n) is 8.03. The number of nitrogens with one attached hydrogen (secondary N) is 1. The maximum atomic E-state index is 4.34. The van der Waals surface area contributed by atoms with Gasteiger partial charge >= 0.3 is 0 Å². The van der Waals surface area contributed by atoms with Gasteiger partial charge in [-0.1, -0.05) is 13.0 Å². The third kappa shape index (κ3) is 2.07. The maximum absolute atomic E-state index is 4.34. The molecule has 1 aromatic heterocycles. The number of nitrogens with zero attached hydrogens (tertiary/aromatic N) is 1. The van der Waals surface area contributed by atoms with E-state index in [0.717, 1.165) is 12.3 Å². The first-order valence-electron chi connectivity index (χ1n) is 4.99. The molecule has 1 saturated heterocycles. The first kappa shape index (κ1) is 8.70. The van der Waals surface area contributed by atoms with E-state index in [1.807, 2.05) is 12.3 Å². The molecule has 1 fully saturated rings. The molecular formula is C11H16N2. The Hall–Kier alpha value is -0.890. The zero-order chi connectivity index (χ0) is 9.10. The van der Waals surface area contributed by atoms with Crippen molar-refractivity contribution < 1.29 is 0 Å². The Morgan fingerprint density at radius 3 is 3.08 bits per heavy atom. The van der Waals surface area contributed by atoms with E-state index in [0.29, 0.717) is 6.04 Å². The predicted octanol–water partition coefficient (Wildman–Crippen LogP) is 1.62. The number of aromatic nitrogens is 1. The normalized spacial score (nSPS) is 27.8. The van der Waals surface area contributed by atoms with Crippen LogP contribution in [0.2, 0.25) is 0 Å². The van der Waals surface area contributed by atoms with Gasteiger partial charge in [-0.25, -0.2) is 0 Å². The van der Waals surface area contributed by atoms with Crippen molar-refractivity contribution in [3.05, 3.63) is 30.1 Å². The molecule has 1 aromatic rings. The molecule has 1 N–H and O–H groups in total. The third-order valence-electron chi connectivity index (χ3n) is 2.85. The minimum Gasteiger partial charge on any atom is -0.313 e. The van der Waals surface area contributed by atoms with E-state index in [9.17, 15) is 0 Å². The van der Waals surface area contributed by atoms with E-state index < -0.39 is 0 Å². The fourth-order valence-corrected chi connectivity index (χ4v) is 1.92. The summed E-state index contributed by atoms with van der Waals surface area (Å²) >= 11 is 0. The molecule has 0 radical (unpaired) electrons. The smallest absolute Gasteiger partial charge is 0.0419 e. The Labute approximate surface area is 79.4 Å². The summed E-state index contributed by atoms with van der Waals surface area (Å²) in [7, 11) is 0. The third-order valence-corrected chi connectivity index (χ3v) is 2.85. The second-order valence-electron chi connectivity index (χ2n) is 3.85. The highest BCUT2D eigenvalue weighted by molar-refractivity contribution is 5.06. The Bertz CT molecular complexity index is 258. The average molecular weight is 176 g/mol. The van der Waals surface area contributed by atoms with Gasteiger partial charge in [0.15, 0.2) is 0 Å². The molecule has 0 aromatic carbocycles. The van der Waals surface area contributed by atoms with Crippen molar-refractivity contribution >= 4 is 0 Å². The fraction of sp³-hybridized carbons (Fsp3) is 0.545. The number of hydrogen-bond donors (Lipinski definition) is 1.